The monoisotopic (exact) mass is 591 g/mol. The number of rotatable bonds is 7. The van der Waals surface area contributed by atoms with E-state index >= 15 is 0 Å². The molecule has 4 nitrogen and oxygen atoms in total. The maximum Gasteiger partial charge on any atom is 0.416 e. The number of halogens is 3. The topological polar surface area (TPSA) is 51.6 Å². The number of methoxy groups -OCH3 is 1. The smallest absolute Gasteiger partial charge is 0.410 e. The quantitative estimate of drug-likeness (QED) is 0.326. The van der Waals surface area contributed by atoms with Gasteiger partial charge in [-0.3, -0.25) is 4.98 Å². The summed E-state index contributed by atoms with van der Waals surface area (Å²) in [4.78, 5) is 5.20. The van der Waals surface area contributed by atoms with Crippen LogP contribution in [0.4, 0.5) is 13.2 Å². The highest BCUT2D eigenvalue weighted by Gasteiger charge is 2.46. The number of benzene rings is 1. The van der Waals surface area contributed by atoms with E-state index in [-0.39, 0.29) is 28.0 Å². The van der Waals surface area contributed by atoms with Crippen LogP contribution in [0.15, 0.2) is 24.3 Å². The highest BCUT2D eigenvalue weighted by atomic mass is 28.4. The highest BCUT2D eigenvalue weighted by Crippen LogP contribution is 2.53. The molecule has 0 amide bonds. The number of aliphatic hydroxyl groups is 1. The van der Waals surface area contributed by atoms with Crippen molar-refractivity contribution in [1.82, 2.24) is 4.98 Å². The van der Waals surface area contributed by atoms with Crippen LogP contribution in [0, 0.1) is 5.41 Å². The summed E-state index contributed by atoms with van der Waals surface area (Å²) in [5.41, 5.74) is 3.69. The fourth-order valence-corrected chi connectivity index (χ4v) is 7.64. The molecular weight excluding hydrogens is 543 g/mol. The lowest BCUT2D eigenvalue weighted by atomic mass is 9.70. The molecule has 2 aliphatic rings. The summed E-state index contributed by atoms with van der Waals surface area (Å²) in [7, 11) is -0.599. The summed E-state index contributed by atoms with van der Waals surface area (Å²) < 4.78 is 54.0. The van der Waals surface area contributed by atoms with Crippen LogP contribution in [-0.4, -0.2) is 25.5 Å². The summed E-state index contributed by atoms with van der Waals surface area (Å²) >= 11 is 0. The van der Waals surface area contributed by atoms with Crippen molar-refractivity contribution >= 4 is 8.32 Å². The lowest BCUT2D eigenvalue weighted by Crippen LogP contribution is -2.44. The molecule has 1 N–H and O–H groups in total. The third-order valence-corrected chi connectivity index (χ3v) is 14.2. The molecule has 0 saturated heterocycles. The van der Waals surface area contributed by atoms with Gasteiger partial charge in [-0.2, -0.15) is 13.2 Å². The van der Waals surface area contributed by atoms with Gasteiger partial charge < -0.3 is 14.3 Å². The van der Waals surface area contributed by atoms with E-state index in [0.29, 0.717) is 11.3 Å². The van der Waals surface area contributed by atoms with E-state index in [1.54, 1.807) is 13.2 Å². The number of aliphatic hydroxyl groups excluding tert-OH is 1. The molecular formula is C33H48F3NO3Si. The van der Waals surface area contributed by atoms with Crippen molar-refractivity contribution in [3.8, 4) is 0 Å². The minimum atomic E-state index is -4.51. The van der Waals surface area contributed by atoms with E-state index in [1.165, 1.54) is 6.07 Å². The van der Waals surface area contributed by atoms with Crippen molar-refractivity contribution in [1.29, 1.82) is 0 Å². The summed E-state index contributed by atoms with van der Waals surface area (Å²) in [5.74, 6) is 0.178. The molecule has 0 radical (unpaired) electrons. The van der Waals surface area contributed by atoms with Gasteiger partial charge in [0.15, 0.2) is 8.32 Å². The Morgan fingerprint density at radius 1 is 1.07 bits per heavy atom. The Bertz CT molecular complexity index is 1250. The Balaban J connectivity index is 2.02. The van der Waals surface area contributed by atoms with Crippen LogP contribution in [0.5, 0.6) is 0 Å². The van der Waals surface area contributed by atoms with Crippen molar-refractivity contribution in [3.05, 3.63) is 63.5 Å². The van der Waals surface area contributed by atoms with Crippen molar-refractivity contribution < 1.29 is 27.4 Å². The molecule has 0 spiro atoms. The largest absolute Gasteiger partial charge is 0.416 e. The van der Waals surface area contributed by atoms with Crippen LogP contribution < -0.4 is 0 Å². The first kappa shape index (κ1) is 32.2. The number of pyridine rings is 1. The fraction of sp³-hybridized carbons (Fsp3) is 0.667. The Kier molecular flexibility index (Phi) is 8.95. The Morgan fingerprint density at radius 2 is 1.71 bits per heavy atom. The lowest BCUT2D eigenvalue weighted by Gasteiger charge is -2.45. The van der Waals surface area contributed by atoms with E-state index in [0.717, 1.165) is 67.5 Å². The van der Waals surface area contributed by atoms with E-state index in [1.807, 2.05) is 6.92 Å². The predicted octanol–water partition coefficient (Wildman–Crippen LogP) is 9.58. The van der Waals surface area contributed by atoms with Crippen molar-refractivity contribution in [2.75, 3.05) is 7.11 Å². The molecule has 1 aromatic heterocycles. The zero-order valence-corrected chi connectivity index (χ0v) is 27.2. The minimum absolute atomic E-state index is 0.000583. The first-order valence-electron chi connectivity index (χ1n) is 15.0. The molecule has 4 rings (SSSR count). The number of ether oxygens (including phenoxy) is 1. The average molecular weight is 592 g/mol. The Morgan fingerprint density at radius 3 is 2.27 bits per heavy atom. The average Bonchev–Trinajstić information content (AvgIpc) is 3.39. The van der Waals surface area contributed by atoms with Crippen molar-refractivity contribution in [3.63, 3.8) is 0 Å². The molecule has 1 fully saturated rings. The molecule has 3 atom stereocenters. The summed E-state index contributed by atoms with van der Waals surface area (Å²) in [6.45, 7) is 17.6. The van der Waals surface area contributed by atoms with Crippen molar-refractivity contribution in [2.24, 2.45) is 5.41 Å². The van der Waals surface area contributed by atoms with Crippen LogP contribution in [0.1, 0.15) is 137 Å². The van der Waals surface area contributed by atoms with Gasteiger partial charge in [-0.15, -0.1) is 0 Å². The van der Waals surface area contributed by atoms with Gasteiger partial charge in [0, 0.05) is 23.9 Å². The number of hydrogen-bond donors (Lipinski definition) is 1. The predicted molar refractivity (Wildman–Crippen MR) is 160 cm³/mol. The maximum absolute atomic E-state index is 13.7. The second kappa shape index (κ2) is 11.4. The molecule has 1 heterocycles. The van der Waals surface area contributed by atoms with Gasteiger partial charge in [-0.1, -0.05) is 59.6 Å². The lowest BCUT2D eigenvalue weighted by molar-refractivity contribution is -0.137. The molecule has 1 aromatic carbocycles. The van der Waals surface area contributed by atoms with Gasteiger partial charge in [-0.05, 0) is 85.3 Å². The first-order chi connectivity index (χ1) is 18.9. The standard InChI is InChI=1S/C33H48F3NO3Si/c1-20(39-7)29-28(30(38)22-15-12-16-23(17-22)33(34,35)36)26(21-13-10-11-14-21)27-24(37-29)18-32(5,6)19-25(27)40-41(8,9)31(2,3)4/h12,15-17,20-21,25,30,38H,10-11,13-14,18-19H2,1-9H3/t20?,25-,30+/m0/s1. The van der Waals surface area contributed by atoms with Gasteiger partial charge in [0.2, 0.25) is 0 Å². The SMILES string of the molecule is COC(C)c1nc2c(c(C3CCCC3)c1[C@H](O)c1cccc(C(F)(F)F)c1)[C@@H](O[Si](C)(C)C(C)(C)C)CC(C)(C)C2. The van der Waals surface area contributed by atoms with Gasteiger partial charge in [0.05, 0.1) is 23.5 Å². The minimum Gasteiger partial charge on any atom is -0.410 e. The van der Waals surface area contributed by atoms with E-state index < -0.39 is 32.3 Å². The zero-order valence-electron chi connectivity index (χ0n) is 26.2. The molecule has 41 heavy (non-hydrogen) atoms. The van der Waals surface area contributed by atoms with Gasteiger partial charge >= 0.3 is 6.18 Å². The van der Waals surface area contributed by atoms with E-state index in [2.05, 4.69) is 47.7 Å². The Labute approximate surface area is 245 Å². The van der Waals surface area contributed by atoms with Crippen LogP contribution in [0.25, 0.3) is 0 Å². The molecule has 228 valence electrons. The number of hydrogen-bond acceptors (Lipinski definition) is 4. The Hall–Kier alpha value is -1.74. The van der Waals surface area contributed by atoms with E-state index in [9.17, 15) is 18.3 Å². The van der Waals surface area contributed by atoms with Gasteiger partial charge in [-0.25, -0.2) is 0 Å². The van der Waals surface area contributed by atoms with Crippen LogP contribution in [0.2, 0.25) is 18.1 Å². The number of nitrogens with zero attached hydrogens (tertiary/aromatic N) is 1. The molecule has 8 heteroatoms. The maximum atomic E-state index is 13.7. The number of aromatic nitrogens is 1. The normalized spacial score (nSPS) is 21.5. The number of fused-ring (bicyclic) bond motifs is 1. The molecule has 1 unspecified atom stereocenters. The molecule has 0 bridgehead atoms. The van der Waals surface area contributed by atoms with Crippen LogP contribution in [0.3, 0.4) is 0 Å². The van der Waals surface area contributed by atoms with Gasteiger partial charge in [0.25, 0.3) is 0 Å². The highest BCUT2D eigenvalue weighted by molar-refractivity contribution is 6.74. The molecule has 2 aliphatic carbocycles. The van der Waals surface area contributed by atoms with Crippen molar-refractivity contribution in [2.45, 2.75) is 129 Å². The summed E-state index contributed by atoms with van der Waals surface area (Å²) in [6.07, 6.45) is -0.737. The molecule has 1 saturated carbocycles. The van der Waals surface area contributed by atoms with Crippen LogP contribution in [-0.2, 0) is 21.8 Å². The fourth-order valence-electron chi connectivity index (χ4n) is 6.38. The zero-order chi connectivity index (χ0) is 30.5. The first-order valence-corrected chi connectivity index (χ1v) is 17.9. The third kappa shape index (κ3) is 6.61. The summed E-state index contributed by atoms with van der Waals surface area (Å²) in [5, 5.41) is 12.0. The molecule has 0 aliphatic heterocycles. The van der Waals surface area contributed by atoms with E-state index in [4.69, 9.17) is 14.1 Å². The second-order valence-electron chi connectivity index (χ2n) is 14.5. The summed E-state index contributed by atoms with van der Waals surface area (Å²) in [6, 6.07) is 5.05. The molecule has 2 aromatic rings. The number of alkyl halides is 3. The second-order valence-corrected chi connectivity index (χ2v) is 19.2. The third-order valence-electron chi connectivity index (χ3n) is 9.68. The van der Waals surface area contributed by atoms with Gasteiger partial charge in [0.1, 0.15) is 6.10 Å². The van der Waals surface area contributed by atoms with Crippen LogP contribution >= 0.6 is 0 Å².